The van der Waals surface area contributed by atoms with Gasteiger partial charge in [-0.1, -0.05) is 0 Å². The molecule has 0 amide bonds. The van der Waals surface area contributed by atoms with E-state index in [1.54, 1.807) is 83.1 Å². The maximum atomic E-state index is 15.8. The topological polar surface area (TPSA) is 249 Å². The largest absolute Gasteiger partial charge is 0.462 e. The average Bonchev–Trinajstić information content (AvgIpc) is 3.22. The Kier molecular flexibility index (Phi) is 16.8. The van der Waals surface area contributed by atoms with Gasteiger partial charge in [0, 0.05) is 120 Å². The van der Waals surface area contributed by atoms with Crippen LogP contribution in [0.2, 0.25) is 0 Å². The summed E-state index contributed by atoms with van der Waals surface area (Å²) in [4.78, 5) is 78.2. The molecule has 6 aliphatic rings. The Hall–Kier alpha value is -3.05. The number of piperidine rings is 5. The van der Waals surface area contributed by atoms with E-state index >= 15 is 24.0 Å². The first-order chi connectivity index (χ1) is 34.2. The summed E-state index contributed by atoms with van der Waals surface area (Å²) in [6.07, 6.45) is -3.15. The fourth-order valence-corrected chi connectivity index (χ4v) is 15.2. The maximum Gasteiger partial charge on any atom is 0.311 e. The van der Waals surface area contributed by atoms with Gasteiger partial charge >= 0.3 is 29.8 Å². The third-order valence-electron chi connectivity index (χ3n) is 18.0. The van der Waals surface area contributed by atoms with Gasteiger partial charge in [-0.05, 0) is 145 Å². The molecule has 6 rings (SSSR count). The van der Waals surface area contributed by atoms with E-state index in [0.717, 1.165) is 0 Å². The molecule has 1 saturated carbocycles. The number of carbonyl (C=O) groups is 5. The SMILES string of the molecule is CC1(C)CC(OC(=O)C2CC(C(=O)OC3CC(C)(C)N(O)C(C)(C)C3)C(C(=O)OC3CC(C)(C)N(O)C(C)(C)C3)C(C(=O)OC3CC(C)(C)N(O)C(C)(C)C3)C2C(=O)OC2CC(C)(C)N(O)C(C)(C)C2)CC(C)(C)N1O. The molecule has 5 heterocycles. The molecule has 0 spiro atoms. The molecule has 0 aromatic carbocycles. The van der Waals surface area contributed by atoms with Crippen LogP contribution >= 0.6 is 0 Å². The van der Waals surface area contributed by atoms with Crippen LogP contribution in [-0.2, 0) is 47.7 Å². The van der Waals surface area contributed by atoms with Gasteiger partial charge in [-0.3, -0.25) is 24.0 Å². The number of rotatable bonds is 10. The van der Waals surface area contributed by atoms with Crippen molar-refractivity contribution in [2.75, 3.05) is 0 Å². The Labute approximate surface area is 452 Å². The van der Waals surface area contributed by atoms with Crippen molar-refractivity contribution in [1.29, 1.82) is 0 Å². The molecule has 4 unspecified atom stereocenters. The van der Waals surface area contributed by atoms with Crippen LogP contribution in [0.25, 0.3) is 0 Å². The van der Waals surface area contributed by atoms with Gasteiger partial charge in [0.1, 0.15) is 30.5 Å². The second kappa shape index (κ2) is 20.5. The van der Waals surface area contributed by atoms with Gasteiger partial charge < -0.3 is 49.7 Å². The van der Waals surface area contributed by atoms with Crippen molar-refractivity contribution in [3.8, 4) is 0 Å². The first kappa shape index (κ1) is 62.2. The van der Waals surface area contributed by atoms with Gasteiger partial charge in [0.15, 0.2) is 0 Å². The van der Waals surface area contributed by atoms with E-state index in [1.807, 2.05) is 55.4 Å². The van der Waals surface area contributed by atoms with Gasteiger partial charge in [0.05, 0.1) is 29.6 Å². The molecular weight excluding hydrogens is 983 g/mol. The molecule has 5 saturated heterocycles. The van der Waals surface area contributed by atoms with Crippen molar-refractivity contribution >= 4 is 29.8 Å². The summed E-state index contributed by atoms with van der Waals surface area (Å²) in [5.41, 5.74) is -8.96. The van der Waals surface area contributed by atoms with Crippen molar-refractivity contribution in [3.63, 3.8) is 0 Å². The minimum Gasteiger partial charge on any atom is -0.462 e. The molecular formula is C56H97N5O15. The molecule has 5 N–H and O–H groups in total. The van der Waals surface area contributed by atoms with E-state index in [9.17, 15) is 26.0 Å². The predicted molar refractivity (Wildman–Crippen MR) is 277 cm³/mol. The van der Waals surface area contributed by atoms with Crippen LogP contribution < -0.4 is 0 Å². The fraction of sp³-hybridized carbons (Fsp3) is 0.911. The smallest absolute Gasteiger partial charge is 0.311 e. The van der Waals surface area contributed by atoms with Crippen molar-refractivity contribution in [3.05, 3.63) is 0 Å². The summed E-state index contributed by atoms with van der Waals surface area (Å²) in [6.45, 7) is 36.1. The Bertz CT molecular complexity index is 1990. The van der Waals surface area contributed by atoms with Crippen LogP contribution in [-0.4, -0.2) is 167 Å². The standard InChI is InChI=1S/C56H97N5O15/c1-47(2)22-32(23-48(3,4)57(47)67)72-42(62)37-21-38(43(63)73-33-24-49(5,6)58(68)50(7,8)25-33)40(45(65)75-35-28-53(13,14)60(70)54(15,16)29-35)41(46(66)76-36-30-55(17,18)61(71)56(19,20)31-36)39(37)44(64)74-34-26-51(9,10)59(69)52(11,12)27-34/h32-41,67-71H,21-31H2,1-20H3. The Morgan fingerprint density at radius 1 is 0.276 bits per heavy atom. The summed E-state index contributed by atoms with van der Waals surface area (Å²) >= 11 is 0. The van der Waals surface area contributed by atoms with E-state index < -0.39 is 152 Å². The molecule has 5 aliphatic heterocycles. The highest BCUT2D eigenvalue weighted by Crippen LogP contribution is 2.51. The van der Waals surface area contributed by atoms with E-state index in [4.69, 9.17) is 23.7 Å². The summed E-state index contributed by atoms with van der Waals surface area (Å²) < 4.78 is 32.3. The van der Waals surface area contributed by atoms with Gasteiger partial charge in [0.25, 0.3) is 0 Å². The zero-order valence-electron chi connectivity index (χ0n) is 49.6. The molecule has 76 heavy (non-hydrogen) atoms. The zero-order chi connectivity index (χ0) is 57.9. The molecule has 1 aliphatic carbocycles. The van der Waals surface area contributed by atoms with E-state index in [1.165, 1.54) is 25.3 Å². The number of hydrogen-bond donors (Lipinski definition) is 5. The van der Waals surface area contributed by atoms with Crippen LogP contribution in [0.1, 0.15) is 209 Å². The number of ether oxygens (including phenoxy) is 5. The van der Waals surface area contributed by atoms with Crippen LogP contribution in [0.15, 0.2) is 0 Å². The fourth-order valence-electron chi connectivity index (χ4n) is 15.2. The van der Waals surface area contributed by atoms with Gasteiger partial charge in [-0.25, -0.2) is 0 Å². The minimum absolute atomic E-state index is 0.130. The molecule has 436 valence electrons. The molecule has 0 aromatic heterocycles. The van der Waals surface area contributed by atoms with Crippen LogP contribution in [0, 0.1) is 29.6 Å². The normalized spacial score (nSPS) is 33.1. The highest BCUT2D eigenvalue weighted by atomic mass is 16.6. The molecule has 20 heteroatoms. The monoisotopic (exact) mass is 1080 g/mol. The molecule has 20 nitrogen and oxygen atoms in total. The lowest BCUT2D eigenvalue weighted by molar-refractivity contribution is -0.265. The van der Waals surface area contributed by atoms with Gasteiger partial charge in [0.2, 0.25) is 0 Å². The molecule has 0 aromatic rings. The molecule has 0 radical (unpaired) electrons. The van der Waals surface area contributed by atoms with E-state index in [0.29, 0.717) is 0 Å². The van der Waals surface area contributed by atoms with Crippen molar-refractivity contribution < 1.29 is 73.7 Å². The number of hydroxylamine groups is 10. The summed E-state index contributed by atoms with van der Waals surface area (Å²) in [7, 11) is 0. The third kappa shape index (κ3) is 12.5. The first-order valence-corrected chi connectivity index (χ1v) is 27.7. The number of carbonyl (C=O) groups excluding carboxylic acids is 5. The maximum absolute atomic E-state index is 15.8. The average molecular weight is 1080 g/mol. The second-order valence-electron chi connectivity index (χ2n) is 30.0. The van der Waals surface area contributed by atoms with E-state index in [2.05, 4.69) is 0 Å². The number of hydrogen-bond acceptors (Lipinski definition) is 20. The molecule has 4 atom stereocenters. The number of nitrogens with zero attached hydrogens (tertiary/aromatic N) is 5. The van der Waals surface area contributed by atoms with Crippen LogP contribution in [0.3, 0.4) is 0 Å². The van der Waals surface area contributed by atoms with Crippen LogP contribution in [0.5, 0.6) is 0 Å². The zero-order valence-corrected chi connectivity index (χ0v) is 49.6. The van der Waals surface area contributed by atoms with Crippen molar-refractivity contribution in [1.82, 2.24) is 25.3 Å². The molecule has 6 fully saturated rings. The third-order valence-corrected chi connectivity index (χ3v) is 18.0. The highest BCUT2D eigenvalue weighted by Gasteiger charge is 2.63. The minimum atomic E-state index is -1.92. The summed E-state index contributed by atoms with van der Waals surface area (Å²) in [5.74, 6) is -13.7. The summed E-state index contributed by atoms with van der Waals surface area (Å²) in [5, 5.41) is 62.5. The predicted octanol–water partition coefficient (Wildman–Crippen LogP) is 8.24. The molecule has 0 bridgehead atoms. The van der Waals surface area contributed by atoms with Crippen molar-refractivity contribution in [2.24, 2.45) is 29.6 Å². The van der Waals surface area contributed by atoms with Crippen LogP contribution in [0.4, 0.5) is 0 Å². The lowest BCUT2D eigenvalue weighted by Crippen LogP contribution is -2.63. The number of esters is 5. The first-order valence-electron chi connectivity index (χ1n) is 27.7. The highest BCUT2D eigenvalue weighted by molar-refractivity contribution is 5.94. The van der Waals surface area contributed by atoms with Gasteiger partial charge in [-0.15, -0.1) is 0 Å². The van der Waals surface area contributed by atoms with E-state index in [-0.39, 0.29) is 64.2 Å². The Morgan fingerprint density at radius 2 is 0.421 bits per heavy atom. The van der Waals surface area contributed by atoms with Crippen molar-refractivity contribution in [2.45, 2.75) is 295 Å². The lowest BCUT2D eigenvalue weighted by Gasteiger charge is -2.52. The lowest BCUT2D eigenvalue weighted by atomic mass is 9.61. The van der Waals surface area contributed by atoms with Gasteiger partial charge in [-0.2, -0.15) is 25.3 Å². The Balaban J connectivity index is 1.54. The summed E-state index contributed by atoms with van der Waals surface area (Å²) in [6, 6.07) is 0. The second-order valence-corrected chi connectivity index (χ2v) is 30.0. The Morgan fingerprint density at radius 3 is 0.592 bits per heavy atom. The quantitative estimate of drug-likeness (QED) is 0.102.